The summed E-state index contributed by atoms with van der Waals surface area (Å²) < 4.78 is 0. The standard InChI is InChI=1S/C14H28N2.2ClH/c1-12(2)11-16-9-5-14(6-10-16)13-3-7-15-8-4-13;;/h12-15H,3-11H2,1-2H3;2*1H. The first kappa shape index (κ1) is 18.5. The van der Waals surface area contributed by atoms with Crippen molar-refractivity contribution in [2.24, 2.45) is 17.8 Å². The summed E-state index contributed by atoms with van der Waals surface area (Å²) in [4.78, 5) is 2.67. The summed E-state index contributed by atoms with van der Waals surface area (Å²) in [6, 6.07) is 0. The molecule has 0 aromatic heterocycles. The van der Waals surface area contributed by atoms with Crippen molar-refractivity contribution in [2.45, 2.75) is 39.5 Å². The third kappa shape index (κ3) is 5.64. The van der Waals surface area contributed by atoms with Crippen LogP contribution in [0.5, 0.6) is 0 Å². The van der Waals surface area contributed by atoms with E-state index in [1.54, 1.807) is 0 Å². The second-order valence-corrected chi connectivity index (χ2v) is 6.12. The van der Waals surface area contributed by atoms with Gasteiger partial charge in [0.05, 0.1) is 0 Å². The molecule has 0 aliphatic carbocycles. The van der Waals surface area contributed by atoms with E-state index in [1.165, 1.54) is 58.4 Å². The molecule has 110 valence electrons. The Labute approximate surface area is 125 Å². The SMILES string of the molecule is CC(C)CN1CCC(C2CCNCC2)CC1.Cl.Cl. The van der Waals surface area contributed by atoms with Crippen molar-refractivity contribution >= 4 is 24.8 Å². The van der Waals surface area contributed by atoms with Gasteiger partial charge < -0.3 is 10.2 Å². The Kier molecular flexibility index (Phi) is 9.67. The lowest BCUT2D eigenvalue weighted by Gasteiger charge is -2.38. The Balaban J connectivity index is 0.00000144. The van der Waals surface area contributed by atoms with E-state index < -0.39 is 0 Å². The fraction of sp³-hybridized carbons (Fsp3) is 1.00. The van der Waals surface area contributed by atoms with Crippen LogP contribution in [0.15, 0.2) is 0 Å². The van der Waals surface area contributed by atoms with Gasteiger partial charge in [0.25, 0.3) is 0 Å². The smallest absolute Gasteiger partial charge is 0.000439 e. The van der Waals surface area contributed by atoms with Crippen LogP contribution in [0, 0.1) is 17.8 Å². The normalized spacial score (nSPS) is 23.5. The van der Waals surface area contributed by atoms with Gasteiger partial charge in [-0.2, -0.15) is 0 Å². The molecule has 18 heavy (non-hydrogen) atoms. The second-order valence-electron chi connectivity index (χ2n) is 6.12. The molecule has 0 spiro atoms. The lowest BCUT2D eigenvalue weighted by molar-refractivity contribution is 0.121. The van der Waals surface area contributed by atoms with Crippen molar-refractivity contribution in [3.63, 3.8) is 0 Å². The Bertz CT molecular complexity index is 198. The van der Waals surface area contributed by atoms with Crippen LogP contribution >= 0.6 is 24.8 Å². The molecule has 0 aromatic carbocycles. The Morgan fingerprint density at radius 3 is 1.94 bits per heavy atom. The monoisotopic (exact) mass is 296 g/mol. The molecule has 0 bridgehead atoms. The van der Waals surface area contributed by atoms with Gasteiger partial charge in [-0.1, -0.05) is 13.8 Å². The summed E-state index contributed by atoms with van der Waals surface area (Å²) in [6.45, 7) is 11.2. The van der Waals surface area contributed by atoms with Crippen molar-refractivity contribution in [1.82, 2.24) is 10.2 Å². The van der Waals surface area contributed by atoms with Crippen LogP contribution in [-0.2, 0) is 0 Å². The van der Waals surface area contributed by atoms with Gasteiger partial charge in [-0.25, -0.2) is 0 Å². The lowest BCUT2D eigenvalue weighted by atomic mass is 9.79. The molecule has 0 aromatic rings. The third-order valence-corrected chi connectivity index (χ3v) is 4.31. The summed E-state index contributed by atoms with van der Waals surface area (Å²) in [5.41, 5.74) is 0. The van der Waals surface area contributed by atoms with E-state index >= 15 is 0 Å². The molecule has 0 unspecified atom stereocenters. The molecule has 2 fully saturated rings. The van der Waals surface area contributed by atoms with Crippen molar-refractivity contribution in [3.05, 3.63) is 0 Å². The molecule has 0 radical (unpaired) electrons. The molecule has 2 aliphatic rings. The Morgan fingerprint density at radius 1 is 0.944 bits per heavy atom. The topological polar surface area (TPSA) is 15.3 Å². The van der Waals surface area contributed by atoms with E-state index in [0.717, 1.165) is 17.8 Å². The van der Waals surface area contributed by atoms with Crippen LogP contribution in [0.2, 0.25) is 0 Å². The number of piperidine rings is 2. The second kappa shape index (κ2) is 9.41. The highest BCUT2D eigenvalue weighted by molar-refractivity contribution is 5.85. The first-order valence-electron chi connectivity index (χ1n) is 7.19. The average molecular weight is 297 g/mol. The highest BCUT2D eigenvalue weighted by atomic mass is 35.5. The van der Waals surface area contributed by atoms with E-state index in [9.17, 15) is 0 Å². The number of halogens is 2. The molecule has 2 saturated heterocycles. The van der Waals surface area contributed by atoms with Gasteiger partial charge >= 0.3 is 0 Å². The van der Waals surface area contributed by atoms with E-state index in [0.29, 0.717) is 0 Å². The fourth-order valence-corrected chi connectivity index (χ4v) is 3.44. The Hall–Kier alpha value is 0.500. The summed E-state index contributed by atoms with van der Waals surface area (Å²) in [5.74, 6) is 2.89. The molecule has 4 heteroatoms. The predicted molar refractivity (Wildman–Crippen MR) is 84.1 cm³/mol. The summed E-state index contributed by atoms with van der Waals surface area (Å²) in [5, 5.41) is 3.48. The first-order valence-corrected chi connectivity index (χ1v) is 7.19. The minimum Gasteiger partial charge on any atom is -0.317 e. The molecular weight excluding hydrogens is 267 g/mol. The van der Waals surface area contributed by atoms with Crippen molar-refractivity contribution in [2.75, 3.05) is 32.7 Å². The molecule has 0 saturated carbocycles. The number of likely N-dealkylation sites (tertiary alicyclic amines) is 1. The molecule has 0 amide bonds. The van der Waals surface area contributed by atoms with Crippen LogP contribution in [0.25, 0.3) is 0 Å². The van der Waals surface area contributed by atoms with Crippen molar-refractivity contribution in [3.8, 4) is 0 Å². The maximum atomic E-state index is 3.48. The zero-order valence-electron chi connectivity index (χ0n) is 11.9. The van der Waals surface area contributed by atoms with Crippen LogP contribution in [-0.4, -0.2) is 37.6 Å². The van der Waals surface area contributed by atoms with Crippen LogP contribution in [0.3, 0.4) is 0 Å². The van der Waals surface area contributed by atoms with Crippen molar-refractivity contribution in [1.29, 1.82) is 0 Å². The zero-order chi connectivity index (χ0) is 11.4. The van der Waals surface area contributed by atoms with E-state index in [4.69, 9.17) is 0 Å². The fourth-order valence-electron chi connectivity index (χ4n) is 3.44. The summed E-state index contributed by atoms with van der Waals surface area (Å²) in [6.07, 6.45) is 5.76. The van der Waals surface area contributed by atoms with Gasteiger partial charge in [0, 0.05) is 6.54 Å². The number of hydrogen-bond acceptors (Lipinski definition) is 2. The number of nitrogens with one attached hydrogen (secondary N) is 1. The third-order valence-electron chi connectivity index (χ3n) is 4.31. The summed E-state index contributed by atoms with van der Waals surface area (Å²) >= 11 is 0. The largest absolute Gasteiger partial charge is 0.317 e. The predicted octanol–water partition coefficient (Wildman–Crippen LogP) is 3.20. The number of hydrogen-bond donors (Lipinski definition) is 1. The maximum absolute atomic E-state index is 3.48. The minimum atomic E-state index is 0. The van der Waals surface area contributed by atoms with E-state index in [2.05, 4.69) is 24.1 Å². The molecule has 2 rings (SSSR count). The quantitative estimate of drug-likeness (QED) is 0.860. The number of nitrogens with zero attached hydrogens (tertiary/aromatic N) is 1. The molecule has 2 nitrogen and oxygen atoms in total. The Morgan fingerprint density at radius 2 is 1.44 bits per heavy atom. The minimum absolute atomic E-state index is 0. The molecule has 0 atom stereocenters. The number of rotatable bonds is 3. The molecular formula is C14H30Cl2N2. The molecule has 2 heterocycles. The van der Waals surface area contributed by atoms with E-state index in [-0.39, 0.29) is 24.8 Å². The highest BCUT2D eigenvalue weighted by Gasteiger charge is 2.27. The zero-order valence-corrected chi connectivity index (χ0v) is 13.5. The van der Waals surface area contributed by atoms with Gasteiger partial charge in [0.15, 0.2) is 0 Å². The average Bonchev–Trinajstić information content (AvgIpc) is 2.30. The first-order chi connectivity index (χ1) is 7.75. The van der Waals surface area contributed by atoms with Gasteiger partial charge in [-0.15, -0.1) is 24.8 Å². The molecule has 2 aliphatic heterocycles. The van der Waals surface area contributed by atoms with Gasteiger partial charge in [-0.05, 0) is 69.6 Å². The van der Waals surface area contributed by atoms with Crippen LogP contribution in [0.4, 0.5) is 0 Å². The van der Waals surface area contributed by atoms with Gasteiger partial charge in [0.1, 0.15) is 0 Å². The summed E-state index contributed by atoms with van der Waals surface area (Å²) in [7, 11) is 0. The lowest BCUT2D eigenvalue weighted by Crippen LogP contribution is -2.40. The highest BCUT2D eigenvalue weighted by Crippen LogP contribution is 2.30. The maximum Gasteiger partial charge on any atom is 0.000439 e. The van der Waals surface area contributed by atoms with E-state index in [1.807, 2.05) is 0 Å². The van der Waals surface area contributed by atoms with Gasteiger partial charge in [0.2, 0.25) is 0 Å². The van der Waals surface area contributed by atoms with Crippen molar-refractivity contribution < 1.29 is 0 Å². The van der Waals surface area contributed by atoms with Gasteiger partial charge in [-0.3, -0.25) is 0 Å². The molecule has 1 N–H and O–H groups in total. The van der Waals surface area contributed by atoms with Crippen LogP contribution in [0.1, 0.15) is 39.5 Å². The van der Waals surface area contributed by atoms with Crippen LogP contribution < -0.4 is 5.32 Å².